The van der Waals surface area contributed by atoms with Crippen LogP contribution in [0.15, 0.2) is 24.3 Å². The first-order chi connectivity index (χ1) is 8.24. The number of rotatable bonds is 4. The average molecular weight is 231 g/mol. The van der Waals surface area contributed by atoms with E-state index in [4.69, 9.17) is 0 Å². The summed E-state index contributed by atoms with van der Waals surface area (Å²) in [6.45, 7) is 4.62. The van der Waals surface area contributed by atoms with E-state index in [2.05, 4.69) is 50.5 Å². The molecule has 94 valence electrons. The van der Waals surface area contributed by atoms with Crippen LogP contribution < -0.4 is 5.32 Å². The Labute approximate surface area is 106 Å². The van der Waals surface area contributed by atoms with Gasteiger partial charge in [-0.15, -0.1) is 0 Å². The lowest BCUT2D eigenvalue weighted by Gasteiger charge is -2.20. The molecule has 0 amide bonds. The van der Waals surface area contributed by atoms with Crippen molar-refractivity contribution in [1.29, 1.82) is 0 Å². The van der Waals surface area contributed by atoms with Gasteiger partial charge in [0.2, 0.25) is 0 Å². The van der Waals surface area contributed by atoms with E-state index in [0.29, 0.717) is 0 Å². The van der Waals surface area contributed by atoms with E-state index in [1.54, 1.807) is 0 Å². The molecule has 1 N–H and O–H groups in total. The van der Waals surface area contributed by atoms with Crippen molar-refractivity contribution >= 4 is 0 Å². The summed E-state index contributed by atoms with van der Waals surface area (Å²) in [6, 6.07) is 9.93. The molecule has 0 aliphatic heterocycles. The molecule has 0 heterocycles. The quantitative estimate of drug-likeness (QED) is 0.837. The smallest absolute Gasteiger partial charge is 0.00925 e. The molecule has 0 saturated heterocycles. The Kier molecular flexibility index (Phi) is 4.22. The summed E-state index contributed by atoms with van der Waals surface area (Å²) in [7, 11) is 2.10. The molecule has 1 heteroatoms. The third kappa shape index (κ3) is 2.90. The first kappa shape index (κ1) is 12.6. The molecule has 0 aromatic heterocycles. The summed E-state index contributed by atoms with van der Waals surface area (Å²) in [6.07, 6.45) is 5.11. The van der Waals surface area contributed by atoms with E-state index >= 15 is 0 Å². The predicted molar refractivity (Wildman–Crippen MR) is 74.3 cm³/mol. The maximum Gasteiger partial charge on any atom is 0.00925 e. The van der Waals surface area contributed by atoms with Crippen molar-refractivity contribution < 1.29 is 0 Å². The summed E-state index contributed by atoms with van der Waals surface area (Å²) in [4.78, 5) is 0. The Morgan fingerprint density at radius 3 is 2.29 bits per heavy atom. The zero-order chi connectivity index (χ0) is 12.3. The van der Waals surface area contributed by atoms with Crippen molar-refractivity contribution in [3.63, 3.8) is 0 Å². The number of nitrogens with one attached hydrogen (secondary N) is 1. The van der Waals surface area contributed by atoms with Crippen LogP contribution in [0.4, 0.5) is 0 Å². The van der Waals surface area contributed by atoms with Gasteiger partial charge in [0, 0.05) is 6.04 Å². The van der Waals surface area contributed by atoms with Crippen molar-refractivity contribution in [2.75, 3.05) is 7.05 Å². The van der Waals surface area contributed by atoms with E-state index < -0.39 is 0 Å². The molecule has 0 radical (unpaired) electrons. The van der Waals surface area contributed by atoms with Crippen molar-refractivity contribution in [3.8, 4) is 0 Å². The van der Waals surface area contributed by atoms with Crippen molar-refractivity contribution in [3.05, 3.63) is 35.4 Å². The average Bonchev–Trinajstić information content (AvgIpc) is 2.71. The van der Waals surface area contributed by atoms with Crippen LogP contribution in [0, 0.1) is 11.8 Å². The second kappa shape index (κ2) is 5.68. The maximum atomic E-state index is 3.45. The molecular formula is C16H25N. The minimum absolute atomic E-state index is 0.731. The molecule has 1 saturated carbocycles. The van der Waals surface area contributed by atoms with Gasteiger partial charge >= 0.3 is 0 Å². The largest absolute Gasteiger partial charge is 0.317 e. The normalized spacial score (nSPS) is 28.5. The molecule has 17 heavy (non-hydrogen) atoms. The van der Waals surface area contributed by atoms with Gasteiger partial charge in [-0.1, -0.05) is 38.1 Å². The number of hydrogen-bond donors (Lipinski definition) is 1. The molecule has 2 rings (SSSR count). The summed E-state index contributed by atoms with van der Waals surface area (Å²) in [5.41, 5.74) is 2.96. The van der Waals surface area contributed by atoms with Crippen LogP contribution in [0.3, 0.4) is 0 Å². The Hall–Kier alpha value is -0.820. The van der Waals surface area contributed by atoms with E-state index in [0.717, 1.165) is 24.3 Å². The van der Waals surface area contributed by atoms with E-state index in [1.165, 1.54) is 30.4 Å². The lowest BCUT2D eigenvalue weighted by Crippen LogP contribution is -2.29. The molecule has 0 spiro atoms. The van der Waals surface area contributed by atoms with Gasteiger partial charge in [0.05, 0.1) is 0 Å². The minimum Gasteiger partial charge on any atom is -0.317 e. The molecule has 1 aliphatic carbocycles. The number of benzene rings is 1. The molecule has 3 atom stereocenters. The van der Waals surface area contributed by atoms with Gasteiger partial charge in [0.15, 0.2) is 0 Å². The number of hydrogen-bond acceptors (Lipinski definition) is 1. The zero-order valence-corrected chi connectivity index (χ0v) is 11.4. The van der Waals surface area contributed by atoms with E-state index in [1.807, 2.05) is 0 Å². The van der Waals surface area contributed by atoms with Crippen LogP contribution in [0.5, 0.6) is 0 Å². The Balaban J connectivity index is 1.96. The highest BCUT2D eigenvalue weighted by atomic mass is 14.9. The van der Waals surface area contributed by atoms with Gasteiger partial charge < -0.3 is 5.32 Å². The summed E-state index contributed by atoms with van der Waals surface area (Å²) in [5.74, 6) is 1.67. The lowest BCUT2D eigenvalue weighted by molar-refractivity contribution is 0.364. The fourth-order valence-electron chi connectivity index (χ4n) is 3.16. The van der Waals surface area contributed by atoms with Crippen molar-refractivity contribution in [2.45, 2.75) is 45.6 Å². The first-order valence-corrected chi connectivity index (χ1v) is 6.99. The van der Waals surface area contributed by atoms with Crippen LogP contribution in [-0.4, -0.2) is 13.1 Å². The topological polar surface area (TPSA) is 12.0 Å². The van der Waals surface area contributed by atoms with Crippen LogP contribution in [0.1, 0.15) is 37.8 Å². The van der Waals surface area contributed by atoms with Crippen LogP contribution in [-0.2, 0) is 12.8 Å². The van der Waals surface area contributed by atoms with Gasteiger partial charge in [0.1, 0.15) is 0 Å². The third-order valence-corrected chi connectivity index (χ3v) is 4.53. The Morgan fingerprint density at radius 1 is 1.12 bits per heavy atom. The SMILES string of the molecule is CCc1ccc(CC2CCC(NC)C2C)cc1. The van der Waals surface area contributed by atoms with Gasteiger partial charge in [-0.2, -0.15) is 0 Å². The first-order valence-electron chi connectivity index (χ1n) is 6.99. The molecule has 1 aromatic rings. The highest BCUT2D eigenvalue weighted by Gasteiger charge is 2.31. The fourth-order valence-corrected chi connectivity index (χ4v) is 3.16. The second-order valence-corrected chi connectivity index (χ2v) is 5.47. The van der Waals surface area contributed by atoms with Crippen molar-refractivity contribution in [2.24, 2.45) is 11.8 Å². The predicted octanol–water partition coefficient (Wildman–Crippen LogP) is 3.43. The van der Waals surface area contributed by atoms with E-state index in [-0.39, 0.29) is 0 Å². The highest BCUT2D eigenvalue weighted by Crippen LogP contribution is 2.34. The van der Waals surface area contributed by atoms with Gasteiger partial charge in [-0.05, 0) is 55.7 Å². The van der Waals surface area contributed by atoms with Crippen LogP contribution >= 0.6 is 0 Å². The summed E-state index contributed by atoms with van der Waals surface area (Å²) >= 11 is 0. The maximum absolute atomic E-state index is 3.45. The van der Waals surface area contributed by atoms with Crippen LogP contribution in [0.2, 0.25) is 0 Å². The molecule has 3 unspecified atom stereocenters. The Morgan fingerprint density at radius 2 is 1.76 bits per heavy atom. The molecule has 1 aliphatic rings. The molecular weight excluding hydrogens is 206 g/mol. The molecule has 1 nitrogen and oxygen atoms in total. The van der Waals surface area contributed by atoms with Crippen molar-refractivity contribution in [1.82, 2.24) is 5.32 Å². The molecule has 1 aromatic carbocycles. The monoisotopic (exact) mass is 231 g/mol. The zero-order valence-electron chi connectivity index (χ0n) is 11.4. The minimum atomic E-state index is 0.731. The van der Waals surface area contributed by atoms with Crippen LogP contribution in [0.25, 0.3) is 0 Å². The Bertz CT molecular complexity index is 341. The molecule has 0 bridgehead atoms. The lowest BCUT2D eigenvalue weighted by atomic mass is 9.89. The second-order valence-electron chi connectivity index (χ2n) is 5.47. The standard InChI is InChI=1S/C16H25N/c1-4-13-5-7-14(8-6-13)11-15-9-10-16(17-3)12(15)2/h5-8,12,15-17H,4,9-11H2,1-3H3. The summed E-state index contributed by atoms with van der Waals surface area (Å²) < 4.78 is 0. The fraction of sp³-hybridized carbons (Fsp3) is 0.625. The third-order valence-electron chi connectivity index (χ3n) is 4.53. The number of aryl methyl sites for hydroxylation is 1. The van der Waals surface area contributed by atoms with E-state index in [9.17, 15) is 0 Å². The highest BCUT2D eigenvalue weighted by molar-refractivity contribution is 5.23. The van der Waals surface area contributed by atoms with Gasteiger partial charge in [0.25, 0.3) is 0 Å². The van der Waals surface area contributed by atoms with Gasteiger partial charge in [-0.3, -0.25) is 0 Å². The van der Waals surface area contributed by atoms with Gasteiger partial charge in [-0.25, -0.2) is 0 Å². The molecule has 1 fully saturated rings. The summed E-state index contributed by atoms with van der Waals surface area (Å²) in [5, 5.41) is 3.45.